The van der Waals surface area contributed by atoms with Gasteiger partial charge in [-0.15, -0.1) is 0 Å². The fraction of sp³-hybridized carbons (Fsp3) is 0.405. The van der Waals surface area contributed by atoms with Gasteiger partial charge in [0.05, 0.1) is 16.3 Å². The molecule has 2 N–H and O–H groups in total. The minimum absolute atomic E-state index is 0.0101. The first-order valence-corrected chi connectivity index (χ1v) is 18.2. The fourth-order valence-corrected chi connectivity index (χ4v) is 9.41. The first-order valence-electron chi connectivity index (χ1n) is 16.3. The number of rotatable bonds is 7. The zero-order chi connectivity index (χ0) is 33.7. The molecule has 0 radical (unpaired) electrons. The third-order valence-corrected chi connectivity index (χ3v) is 12.1. The van der Waals surface area contributed by atoms with Crippen molar-refractivity contribution < 1.29 is 13.2 Å². The maximum Gasteiger partial charge on any atom is 0.324 e. The Labute approximate surface area is 283 Å². The zero-order valence-corrected chi connectivity index (χ0v) is 29.5. The Morgan fingerprint density at radius 3 is 2.15 bits per heavy atom. The summed E-state index contributed by atoms with van der Waals surface area (Å²) in [6, 6.07) is 21.1. The highest BCUT2D eigenvalue weighted by molar-refractivity contribution is 7.89. The van der Waals surface area contributed by atoms with Crippen LogP contribution in [0.25, 0.3) is 5.69 Å². The number of aromatic nitrogens is 2. The monoisotopic (exact) mass is 673 g/mol. The Kier molecular flexibility index (Phi) is 9.02. The van der Waals surface area contributed by atoms with E-state index in [0.717, 1.165) is 54.6 Å². The second-order valence-electron chi connectivity index (χ2n) is 14.3. The minimum Gasteiger partial charge on any atom is -0.308 e. The van der Waals surface area contributed by atoms with Crippen LogP contribution in [0.15, 0.2) is 71.6 Å². The molecule has 2 aliphatic heterocycles. The fourth-order valence-electron chi connectivity index (χ4n) is 7.01. The van der Waals surface area contributed by atoms with E-state index in [9.17, 15) is 13.2 Å². The standard InChI is InChI=1S/C37H44ClN5O3S/c1-23-7-13-29(14-8-23)42-35(22-34(41-42)37(4,5)6)40-36(44)39-28-11-9-26(10-12-28)19-27-20-30-15-16-31(21-27)43(30)47(45,46)33-18-24(2)32(38)17-25(33)3/h7-14,17-18,22,27,30-31H,15-16,19-21H2,1-6H3,(H2,39,40,44). The lowest BCUT2D eigenvalue weighted by atomic mass is 9.87. The molecule has 0 aliphatic carbocycles. The number of halogens is 1. The van der Waals surface area contributed by atoms with Gasteiger partial charge in [0.1, 0.15) is 5.82 Å². The van der Waals surface area contributed by atoms with Crippen LogP contribution >= 0.6 is 11.6 Å². The molecule has 10 heteroatoms. The number of hydrogen-bond acceptors (Lipinski definition) is 4. The van der Waals surface area contributed by atoms with Crippen molar-refractivity contribution >= 4 is 39.2 Å². The zero-order valence-electron chi connectivity index (χ0n) is 28.0. The molecule has 8 nitrogen and oxygen atoms in total. The molecule has 2 unspecified atom stereocenters. The average Bonchev–Trinajstić information content (AvgIpc) is 3.55. The van der Waals surface area contributed by atoms with Gasteiger partial charge < -0.3 is 5.32 Å². The molecule has 1 aromatic heterocycles. The molecule has 3 heterocycles. The first kappa shape index (κ1) is 33.2. The summed E-state index contributed by atoms with van der Waals surface area (Å²) in [7, 11) is -3.61. The van der Waals surface area contributed by atoms with E-state index in [4.69, 9.17) is 16.7 Å². The summed E-state index contributed by atoms with van der Waals surface area (Å²) in [6.45, 7) is 12.0. The third-order valence-electron chi connectivity index (χ3n) is 9.51. The molecule has 248 valence electrons. The predicted molar refractivity (Wildman–Crippen MR) is 189 cm³/mol. The SMILES string of the molecule is Cc1ccc(-n2nc(C(C)(C)C)cc2NC(=O)Nc2ccc(CC3CC4CCC(C3)N4S(=O)(=O)c3cc(C)c(Cl)cc3C)cc2)cc1. The molecule has 3 aromatic carbocycles. The molecule has 2 aliphatic rings. The van der Waals surface area contributed by atoms with Crippen LogP contribution in [0.4, 0.5) is 16.3 Å². The van der Waals surface area contributed by atoms with Gasteiger partial charge in [-0.2, -0.15) is 9.40 Å². The summed E-state index contributed by atoms with van der Waals surface area (Å²) in [4.78, 5) is 13.5. The Hall–Kier alpha value is -3.66. The van der Waals surface area contributed by atoms with E-state index < -0.39 is 10.0 Å². The van der Waals surface area contributed by atoms with Crippen molar-refractivity contribution in [1.82, 2.24) is 14.1 Å². The van der Waals surface area contributed by atoms with Gasteiger partial charge in [-0.3, -0.25) is 5.32 Å². The first-order chi connectivity index (χ1) is 22.2. The number of piperidine rings is 1. The number of amides is 2. The lowest BCUT2D eigenvalue weighted by Crippen LogP contribution is -2.46. The number of fused-ring (bicyclic) bond motifs is 2. The van der Waals surface area contributed by atoms with Gasteiger partial charge in [-0.1, -0.05) is 62.2 Å². The van der Waals surface area contributed by atoms with E-state index in [2.05, 4.69) is 43.5 Å². The van der Waals surface area contributed by atoms with Gasteiger partial charge in [0.2, 0.25) is 10.0 Å². The molecule has 2 atom stereocenters. The van der Waals surface area contributed by atoms with Gasteiger partial charge in [-0.25, -0.2) is 17.9 Å². The molecule has 47 heavy (non-hydrogen) atoms. The molecule has 4 aromatic rings. The van der Waals surface area contributed by atoms with E-state index in [1.807, 2.05) is 63.2 Å². The van der Waals surface area contributed by atoms with Crippen LogP contribution in [-0.4, -0.2) is 40.6 Å². The van der Waals surface area contributed by atoms with Crippen LogP contribution < -0.4 is 10.6 Å². The van der Waals surface area contributed by atoms with Crippen molar-refractivity contribution in [2.75, 3.05) is 10.6 Å². The third kappa shape index (κ3) is 6.98. The second-order valence-corrected chi connectivity index (χ2v) is 16.5. The van der Waals surface area contributed by atoms with Crippen LogP contribution in [0.2, 0.25) is 5.02 Å². The van der Waals surface area contributed by atoms with Crippen molar-refractivity contribution in [1.29, 1.82) is 0 Å². The number of benzene rings is 3. The number of nitrogens with zero attached hydrogens (tertiary/aromatic N) is 3. The summed E-state index contributed by atoms with van der Waals surface area (Å²) in [5, 5.41) is 11.3. The molecule has 0 spiro atoms. The average molecular weight is 674 g/mol. The smallest absolute Gasteiger partial charge is 0.308 e. The second kappa shape index (κ2) is 12.7. The number of hydrogen-bond donors (Lipinski definition) is 2. The Morgan fingerprint density at radius 2 is 1.53 bits per heavy atom. The van der Waals surface area contributed by atoms with E-state index in [0.29, 0.717) is 32.9 Å². The molecule has 0 saturated carbocycles. The summed E-state index contributed by atoms with van der Waals surface area (Å²) in [5.41, 5.74) is 6.05. The number of nitrogens with one attached hydrogen (secondary N) is 2. The normalized spacial score (nSPS) is 19.9. The van der Waals surface area contributed by atoms with Gasteiger partial charge >= 0.3 is 6.03 Å². The minimum atomic E-state index is -3.61. The van der Waals surface area contributed by atoms with Gasteiger partial charge in [0.15, 0.2) is 0 Å². The van der Waals surface area contributed by atoms with Gasteiger partial charge in [0, 0.05) is 34.3 Å². The number of aryl methyl sites for hydroxylation is 3. The Bertz CT molecular complexity index is 1880. The lowest BCUT2D eigenvalue weighted by Gasteiger charge is -2.38. The summed E-state index contributed by atoms with van der Waals surface area (Å²) < 4.78 is 31.2. The number of carbonyl (C=O) groups is 1. The van der Waals surface area contributed by atoms with Crippen molar-refractivity contribution in [3.63, 3.8) is 0 Å². The van der Waals surface area contributed by atoms with Crippen LogP contribution in [-0.2, 0) is 21.9 Å². The van der Waals surface area contributed by atoms with Gasteiger partial charge in [-0.05, 0) is 112 Å². The van der Waals surface area contributed by atoms with Crippen LogP contribution in [0, 0.1) is 26.7 Å². The Morgan fingerprint density at radius 1 is 0.894 bits per heavy atom. The number of sulfonamides is 1. The van der Waals surface area contributed by atoms with E-state index in [-0.39, 0.29) is 23.5 Å². The molecular formula is C37H44ClN5O3S. The molecular weight excluding hydrogens is 630 g/mol. The van der Waals surface area contributed by atoms with E-state index >= 15 is 0 Å². The topological polar surface area (TPSA) is 96.3 Å². The molecule has 2 fully saturated rings. The predicted octanol–water partition coefficient (Wildman–Crippen LogP) is 8.57. The molecule has 2 saturated heterocycles. The van der Waals surface area contributed by atoms with Crippen molar-refractivity contribution in [3.8, 4) is 5.69 Å². The molecule has 2 bridgehead atoms. The van der Waals surface area contributed by atoms with E-state index in [1.165, 1.54) is 5.56 Å². The molecule has 6 rings (SSSR count). The number of urea groups is 1. The highest BCUT2D eigenvalue weighted by Crippen LogP contribution is 2.44. The highest BCUT2D eigenvalue weighted by Gasteiger charge is 2.47. The quantitative estimate of drug-likeness (QED) is 0.205. The van der Waals surface area contributed by atoms with Crippen molar-refractivity contribution in [2.24, 2.45) is 5.92 Å². The number of anilines is 2. The molecule has 2 amide bonds. The maximum atomic E-state index is 13.8. The maximum absolute atomic E-state index is 13.8. The van der Waals surface area contributed by atoms with Gasteiger partial charge in [0.25, 0.3) is 0 Å². The van der Waals surface area contributed by atoms with Crippen molar-refractivity contribution in [2.45, 2.75) is 96.0 Å². The van der Waals surface area contributed by atoms with Crippen LogP contribution in [0.3, 0.4) is 0 Å². The largest absolute Gasteiger partial charge is 0.324 e. The Balaban J connectivity index is 1.09. The summed E-state index contributed by atoms with van der Waals surface area (Å²) in [5.74, 6) is 0.991. The summed E-state index contributed by atoms with van der Waals surface area (Å²) >= 11 is 6.26. The highest BCUT2D eigenvalue weighted by atomic mass is 35.5. The van der Waals surface area contributed by atoms with Crippen LogP contribution in [0.1, 0.15) is 74.4 Å². The van der Waals surface area contributed by atoms with Crippen LogP contribution in [0.5, 0.6) is 0 Å². The lowest BCUT2D eigenvalue weighted by molar-refractivity contribution is 0.190. The van der Waals surface area contributed by atoms with Crippen molar-refractivity contribution in [3.05, 3.63) is 99.7 Å². The van der Waals surface area contributed by atoms with E-state index in [1.54, 1.807) is 21.1 Å². The summed E-state index contributed by atoms with van der Waals surface area (Å²) in [6.07, 6.45) is 4.34. The number of carbonyl (C=O) groups excluding carboxylic acids is 1.